The van der Waals surface area contributed by atoms with E-state index in [1.54, 1.807) is 21.4 Å². The molecule has 1 saturated heterocycles. The van der Waals surface area contributed by atoms with Crippen LogP contribution in [0, 0.1) is 5.92 Å². The van der Waals surface area contributed by atoms with E-state index < -0.39 is 10.0 Å². The van der Waals surface area contributed by atoms with Crippen LogP contribution in [0.25, 0.3) is 0 Å². The molecule has 1 fully saturated rings. The minimum Gasteiger partial charge on any atom is -0.336 e. The molecule has 2 heterocycles. The van der Waals surface area contributed by atoms with Crippen LogP contribution in [0.3, 0.4) is 0 Å². The van der Waals surface area contributed by atoms with Crippen molar-refractivity contribution < 1.29 is 8.42 Å². The topological polar surface area (TPSA) is 67.2 Å². The molecule has 0 aliphatic carbocycles. The summed E-state index contributed by atoms with van der Waals surface area (Å²) >= 11 is 0. The van der Waals surface area contributed by atoms with Gasteiger partial charge in [0.1, 0.15) is 0 Å². The molecule has 1 atom stereocenters. The Bertz CT molecular complexity index is 553. The molecule has 1 unspecified atom stereocenters. The summed E-state index contributed by atoms with van der Waals surface area (Å²) in [5.41, 5.74) is 0. The first-order chi connectivity index (χ1) is 9.93. The van der Waals surface area contributed by atoms with Gasteiger partial charge in [0, 0.05) is 31.9 Å². The van der Waals surface area contributed by atoms with Crippen molar-refractivity contribution in [3.63, 3.8) is 0 Å². The fourth-order valence-corrected chi connectivity index (χ4v) is 4.08. The third-order valence-corrected chi connectivity index (χ3v) is 5.63. The first-order valence-electron chi connectivity index (χ1n) is 7.68. The predicted molar refractivity (Wildman–Crippen MR) is 82.5 cm³/mol. The lowest BCUT2D eigenvalue weighted by Crippen LogP contribution is -2.43. The van der Waals surface area contributed by atoms with Crippen LogP contribution in [-0.4, -0.2) is 48.0 Å². The zero-order chi connectivity index (χ0) is 15.5. The largest absolute Gasteiger partial charge is 0.336 e. The number of piperidine rings is 1. The second-order valence-corrected chi connectivity index (χ2v) is 7.86. The molecule has 1 N–H and O–H groups in total. The van der Waals surface area contributed by atoms with Gasteiger partial charge in [-0.15, -0.1) is 0 Å². The summed E-state index contributed by atoms with van der Waals surface area (Å²) in [4.78, 5) is 4.05. The van der Waals surface area contributed by atoms with Gasteiger partial charge in [0.25, 0.3) is 10.0 Å². The van der Waals surface area contributed by atoms with E-state index in [2.05, 4.69) is 24.1 Å². The molecule has 0 amide bonds. The fourth-order valence-electron chi connectivity index (χ4n) is 2.59. The van der Waals surface area contributed by atoms with Crippen LogP contribution in [-0.2, 0) is 16.6 Å². The highest BCUT2D eigenvalue weighted by Gasteiger charge is 2.31. The van der Waals surface area contributed by atoms with Crippen LogP contribution in [0.4, 0.5) is 0 Å². The van der Waals surface area contributed by atoms with Crippen LogP contribution in [0.15, 0.2) is 17.6 Å². The van der Waals surface area contributed by atoms with E-state index in [0.29, 0.717) is 25.0 Å². The molecular formula is C14H26N4O2S. The second kappa shape index (κ2) is 6.89. The molecule has 6 nitrogen and oxygen atoms in total. The summed E-state index contributed by atoms with van der Waals surface area (Å²) in [6.07, 6.45) is 5.19. The van der Waals surface area contributed by atoms with Gasteiger partial charge in [-0.25, -0.2) is 13.4 Å². The van der Waals surface area contributed by atoms with E-state index in [1.807, 2.05) is 6.92 Å². The molecular weight excluding hydrogens is 288 g/mol. The monoisotopic (exact) mass is 314 g/mol. The van der Waals surface area contributed by atoms with Crippen LogP contribution < -0.4 is 5.32 Å². The third kappa shape index (κ3) is 4.05. The highest BCUT2D eigenvalue weighted by molar-refractivity contribution is 7.89. The molecule has 1 aliphatic heterocycles. The zero-order valence-electron chi connectivity index (χ0n) is 13.1. The summed E-state index contributed by atoms with van der Waals surface area (Å²) in [6.45, 7) is 8.95. The average molecular weight is 314 g/mol. The van der Waals surface area contributed by atoms with Gasteiger partial charge in [-0.1, -0.05) is 13.8 Å². The van der Waals surface area contributed by atoms with Crippen LogP contribution in [0.5, 0.6) is 0 Å². The van der Waals surface area contributed by atoms with Gasteiger partial charge in [0.05, 0.1) is 6.33 Å². The number of aryl methyl sites for hydroxylation is 1. The van der Waals surface area contributed by atoms with Gasteiger partial charge < -0.3 is 9.88 Å². The smallest absolute Gasteiger partial charge is 0.262 e. The molecule has 21 heavy (non-hydrogen) atoms. The number of sulfonamides is 1. The Morgan fingerprint density at radius 2 is 2.24 bits per heavy atom. The number of imidazole rings is 1. The van der Waals surface area contributed by atoms with Gasteiger partial charge in [-0.05, 0) is 32.2 Å². The summed E-state index contributed by atoms with van der Waals surface area (Å²) < 4.78 is 28.6. The molecule has 7 heteroatoms. The Morgan fingerprint density at radius 3 is 2.86 bits per heavy atom. The van der Waals surface area contributed by atoms with Crippen molar-refractivity contribution in [2.24, 2.45) is 5.92 Å². The SMILES string of the molecule is CCn1cnc(S(=O)(=O)N2CCCC(CNC(C)C)C2)c1. The molecule has 0 saturated carbocycles. The lowest BCUT2D eigenvalue weighted by molar-refractivity contribution is 0.256. The quantitative estimate of drug-likeness (QED) is 0.859. The average Bonchev–Trinajstić information content (AvgIpc) is 2.95. The Balaban J connectivity index is 2.05. The van der Waals surface area contributed by atoms with Crippen molar-refractivity contribution in [3.8, 4) is 0 Å². The third-order valence-electron chi connectivity index (χ3n) is 3.88. The Kier molecular flexibility index (Phi) is 5.40. The summed E-state index contributed by atoms with van der Waals surface area (Å²) in [7, 11) is -3.45. The Morgan fingerprint density at radius 1 is 1.48 bits per heavy atom. The van der Waals surface area contributed by atoms with Gasteiger partial charge in [-0.3, -0.25) is 0 Å². The van der Waals surface area contributed by atoms with Crippen molar-refractivity contribution >= 4 is 10.0 Å². The lowest BCUT2D eigenvalue weighted by atomic mass is 9.99. The number of hydrogen-bond acceptors (Lipinski definition) is 4. The number of hydrogen-bond donors (Lipinski definition) is 1. The number of nitrogens with one attached hydrogen (secondary N) is 1. The molecule has 0 radical (unpaired) electrons. The molecule has 0 aromatic carbocycles. The highest BCUT2D eigenvalue weighted by atomic mass is 32.2. The summed E-state index contributed by atoms with van der Waals surface area (Å²) in [5.74, 6) is 0.379. The standard InChI is InChI=1S/C14H26N4O2S/c1-4-17-10-14(16-11-17)21(19,20)18-7-5-6-13(9-18)8-15-12(2)3/h10-13,15H,4-9H2,1-3H3. The molecule has 0 spiro atoms. The number of rotatable bonds is 6. The van der Waals surface area contributed by atoms with E-state index in [1.165, 1.54) is 0 Å². The van der Waals surface area contributed by atoms with Crippen LogP contribution >= 0.6 is 0 Å². The van der Waals surface area contributed by atoms with E-state index in [0.717, 1.165) is 25.9 Å². The van der Waals surface area contributed by atoms with Gasteiger partial charge in [0.2, 0.25) is 0 Å². The maximum absolute atomic E-state index is 12.6. The normalized spacial score (nSPS) is 21.0. The first kappa shape index (κ1) is 16.5. The zero-order valence-corrected chi connectivity index (χ0v) is 13.9. The van der Waals surface area contributed by atoms with E-state index in [4.69, 9.17) is 0 Å². The van der Waals surface area contributed by atoms with Crippen molar-refractivity contribution in [2.45, 2.75) is 51.2 Å². The maximum atomic E-state index is 12.6. The summed E-state index contributed by atoms with van der Waals surface area (Å²) in [5, 5.41) is 3.57. The highest BCUT2D eigenvalue weighted by Crippen LogP contribution is 2.22. The van der Waals surface area contributed by atoms with Crippen LogP contribution in [0.2, 0.25) is 0 Å². The van der Waals surface area contributed by atoms with Gasteiger partial charge in [0.15, 0.2) is 5.03 Å². The number of aromatic nitrogens is 2. The van der Waals surface area contributed by atoms with Crippen molar-refractivity contribution in [3.05, 3.63) is 12.5 Å². The second-order valence-electron chi connectivity index (χ2n) is 5.98. The van der Waals surface area contributed by atoms with Gasteiger partial charge in [-0.2, -0.15) is 4.31 Å². The molecule has 1 aliphatic rings. The minimum absolute atomic E-state index is 0.168. The predicted octanol–water partition coefficient (Wildman–Crippen LogP) is 1.30. The van der Waals surface area contributed by atoms with Crippen molar-refractivity contribution in [1.29, 1.82) is 0 Å². The van der Waals surface area contributed by atoms with Crippen LogP contribution in [0.1, 0.15) is 33.6 Å². The Hall–Kier alpha value is -0.920. The van der Waals surface area contributed by atoms with Gasteiger partial charge >= 0.3 is 0 Å². The molecule has 2 rings (SSSR count). The summed E-state index contributed by atoms with van der Waals surface area (Å²) in [6, 6.07) is 0.428. The molecule has 120 valence electrons. The Labute approximate surface area is 127 Å². The van der Waals surface area contributed by atoms with E-state index in [-0.39, 0.29) is 5.03 Å². The van der Waals surface area contributed by atoms with Crippen molar-refractivity contribution in [2.75, 3.05) is 19.6 Å². The maximum Gasteiger partial charge on any atom is 0.262 e. The molecule has 0 bridgehead atoms. The molecule has 1 aromatic rings. The minimum atomic E-state index is -3.45. The van der Waals surface area contributed by atoms with Crippen molar-refractivity contribution in [1.82, 2.24) is 19.2 Å². The molecule has 1 aromatic heterocycles. The number of nitrogens with zero attached hydrogens (tertiary/aromatic N) is 3. The lowest BCUT2D eigenvalue weighted by Gasteiger charge is -2.31. The van der Waals surface area contributed by atoms with E-state index >= 15 is 0 Å². The fraction of sp³-hybridized carbons (Fsp3) is 0.786. The first-order valence-corrected chi connectivity index (χ1v) is 9.12. The van der Waals surface area contributed by atoms with E-state index in [9.17, 15) is 8.42 Å².